The lowest BCUT2D eigenvalue weighted by molar-refractivity contribution is -0.141. The van der Waals surface area contributed by atoms with Crippen LogP contribution in [0.4, 0.5) is 13.2 Å². The van der Waals surface area contributed by atoms with E-state index >= 15 is 0 Å². The third kappa shape index (κ3) is 5.02. The molecule has 1 aliphatic heterocycles. The van der Waals surface area contributed by atoms with Gasteiger partial charge in [0, 0.05) is 24.2 Å². The monoisotopic (exact) mass is 504 g/mol. The Balaban J connectivity index is 1.35. The van der Waals surface area contributed by atoms with Crippen molar-refractivity contribution in [2.24, 2.45) is 0 Å². The van der Waals surface area contributed by atoms with Crippen molar-refractivity contribution in [3.8, 4) is 34.8 Å². The quantitative estimate of drug-likeness (QED) is 0.360. The van der Waals surface area contributed by atoms with Crippen molar-refractivity contribution in [1.29, 1.82) is 5.26 Å². The largest absolute Gasteiger partial charge is 0.473 e. The number of benzene rings is 2. The van der Waals surface area contributed by atoms with E-state index in [9.17, 15) is 23.2 Å². The number of ether oxygens (including phenoxy) is 2. The zero-order chi connectivity index (χ0) is 26.2. The van der Waals surface area contributed by atoms with Gasteiger partial charge in [0.05, 0.1) is 11.3 Å². The minimum atomic E-state index is -4.62. The number of fused-ring (bicyclic) bond motifs is 3. The molecular formula is C27H19F3N4O3. The van der Waals surface area contributed by atoms with Crippen LogP contribution in [-0.2, 0) is 25.7 Å². The number of nitriles is 1. The first kappa shape index (κ1) is 24.1. The second-order valence-corrected chi connectivity index (χ2v) is 8.52. The number of pyridine rings is 1. The molecule has 0 N–H and O–H groups in total. The van der Waals surface area contributed by atoms with Gasteiger partial charge in [-0.05, 0) is 42.7 Å². The molecule has 0 fully saturated rings. The van der Waals surface area contributed by atoms with Crippen molar-refractivity contribution >= 4 is 0 Å². The fraction of sp³-hybridized carbons (Fsp3) is 0.185. The van der Waals surface area contributed by atoms with Gasteiger partial charge >= 0.3 is 11.9 Å². The minimum absolute atomic E-state index is 0.00736. The van der Waals surface area contributed by atoms with Gasteiger partial charge in [0.25, 0.3) is 0 Å². The third-order valence-electron chi connectivity index (χ3n) is 5.91. The topological polar surface area (TPSA) is 90.0 Å². The minimum Gasteiger partial charge on any atom is -0.473 e. The molecule has 186 valence electrons. The highest BCUT2D eigenvalue weighted by atomic mass is 19.4. The molecular weight excluding hydrogens is 485 g/mol. The SMILES string of the molecule is Cc1ccc2c(c1)CCn1c-2cc(OCc2ccc(Oc3cccc(C(F)(F)F)n3)c(C#N)c2)nc1=O. The number of aryl methyl sites for hydroxylation is 2. The Kier molecular flexibility index (Phi) is 6.13. The molecule has 0 radical (unpaired) electrons. The van der Waals surface area contributed by atoms with Gasteiger partial charge in [-0.25, -0.2) is 9.78 Å². The Bertz CT molecular complexity index is 1610. The van der Waals surface area contributed by atoms with Crippen molar-refractivity contribution in [3.63, 3.8) is 0 Å². The first-order chi connectivity index (χ1) is 17.7. The van der Waals surface area contributed by atoms with Crippen molar-refractivity contribution in [1.82, 2.24) is 14.5 Å². The van der Waals surface area contributed by atoms with Gasteiger partial charge in [0.15, 0.2) is 0 Å². The number of rotatable bonds is 5. The summed E-state index contributed by atoms with van der Waals surface area (Å²) in [7, 11) is 0. The standard InChI is InChI=1S/C27H19F3N4O3/c1-16-5-7-20-18(11-16)9-10-34-21(20)13-25(33-26(34)35)36-15-17-6-8-22(19(12-17)14-31)37-24-4-2-3-23(32-24)27(28,29)30/h2-8,11-13H,9-10,15H2,1H3. The van der Waals surface area contributed by atoms with E-state index in [0.29, 0.717) is 12.1 Å². The van der Waals surface area contributed by atoms with Crippen LogP contribution in [0.5, 0.6) is 17.5 Å². The molecule has 0 atom stereocenters. The van der Waals surface area contributed by atoms with E-state index in [1.54, 1.807) is 16.7 Å². The number of aromatic nitrogens is 3. The van der Waals surface area contributed by atoms with Crippen LogP contribution in [-0.4, -0.2) is 14.5 Å². The molecule has 10 heteroatoms. The second-order valence-electron chi connectivity index (χ2n) is 8.52. The molecule has 0 aliphatic carbocycles. The number of halogens is 3. The summed E-state index contributed by atoms with van der Waals surface area (Å²) in [6.45, 7) is 2.56. The molecule has 5 rings (SSSR count). The van der Waals surface area contributed by atoms with Crippen LogP contribution >= 0.6 is 0 Å². The van der Waals surface area contributed by atoms with E-state index < -0.39 is 17.6 Å². The summed E-state index contributed by atoms with van der Waals surface area (Å²) in [6, 6.07) is 17.6. The summed E-state index contributed by atoms with van der Waals surface area (Å²) in [5.41, 5.74) is 3.14. The number of hydrogen-bond acceptors (Lipinski definition) is 6. The lowest BCUT2D eigenvalue weighted by atomic mass is 9.96. The maximum Gasteiger partial charge on any atom is 0.433 e. The lowest BCUT2D eigenvalue weighted by Gasteiger charge is -2.22. The summed E-state index contributed by atoms with van der Waals surface area (Å²) >= 11 is 0. The average Bonchev–Trinajstić information content (AvgIpc) is 2.87. The smallest absolute Gasteiger partial charge is 0.433 e. The predicted molar refractivity (Wildman–Crippen MR) is 127 cm³/mol. The Morgan fingerprint density at radius 1 is 1.05 bits per heavy atom. The third-order valence-corrected chi connectivity index (χ3v) is 5.91. The van der Waals surface area contributed by atoms with Crippen LogP contribution in [0.3, 0.4) is 0 Å². The van der Waals surface area contributed by atoms with Crippen molar-refractivity contribution in [2.45, 2.75) is 32.7 Å². The molecule has 0 spiro atoms. The fourth-order valence-electron chi connectivity index (χ4n) is 4.15. The summed E-state index contributed by atoms with van der Waals surface area (Å²) in [5, 5.41) is 9.54. The normalized spacial score (nSPS) is 12.3. The van der Waals surface area contributed by atoms with Gasteiger partial charge in [-0.15, -0.1) is 0 Å². The Labute approximate surface area is 209 Å². The van der Waals surface area contributed by atoms with Crippen molar-refractivity contribution < 1.29 is 22.6 Å². The van der Waals surface area contributed by atoms with E-state index in [-0.39, 0.29) is 29.7 Å². The Morgan fingerprint density at radius 3 is 2.68 bits per heavy atom. The van der Waals surface area contributed by atoms with Crippen molar-refractivity contribution in [2.75, 3.05) is 0 Å². The molecule has 3 heterocycles. The highest BCUT2D eigenvalue weighted by Crippen LogP contribution is 2.32. The Hall–Kier alpha value is -4.65. The first-order valence-corrected chi connectivity index (χ1v) is 11.3. The Morgan fingerprint density at radius 2 is 1.89 bits per heavy atom. The van der Waals surface area contributed by atoms with Crippen LogP contribution in [0, 0.1) is 18.3 Å². The molecule has 0 bridgehead atoms. The predicted octanol–water partition coefficient (Wildman–Crippen LogP) is 5.43. The zero-order valence-corrected chi connectivity index (χ0v) is 19.5. The molecule has 2 aromatic heterocycles. The fourth-order valence-corrected chi connectivity index (χ4v) is 4.15. The lowest BCUT2D eigenvalue weighted by Crippen LogP contribution is -2.28. The molecule has 0 saturated heterocycles. The maximum atomic E-state index is 12.9. The molecule has 4 aromatic rings. The van der Waals surface area contributed by atoms with Crippen LogP contribution in [0.2, 0.25) is 0 Å². The van der Waals surface area contributed by atoms with Crippen LogP contribution < -0.4 is 15.2 Å². The molecule has 7 nitrogen and oxygen atoms in total. The van der Waals surface area contributed by atoms with Gasteiger partial charge in [-0.2, -0.15) is 23.4 Å². The first-order valence-electron chi connectivity index (χ1n) is 11.3. The summed E-state index contributed by atoms with van der Waals surface area (Å²) < 4.78 is 51.6. The number of hydrogen-bond donors (Lipinski definition) is 0. The number of nitrogens with zero attached hydrogens (tertiary/aromatic N) is 4. The van der Waals surface area contributed by atoms with Crippen LogP contribution in [0.25, 0.3) is 11.3 Å². The van der Waals surface area contributed by atoms with Gasteiger partial charge in [0.2, 0.25) is 11.8 Å². The maximum absolute atomic E-state index is 12.9. The molecule has 1 aliphatic rings. The van der Waals surface area contributed by atoms with Gasteiger partial charge in [0.1, 0.15) is 24.1 Å². The highest BCUT2D eigenvalue weighted by molar-refractivity contribution is 5.67. The highest BCUT2D eigenvalue weighted by Gasteiger charge is 2.32. The molecule has 37 heavy (non-hydrogen) atoms. The summed E-state index contributed by atoms with van der Waals surface area (Å²) in [6.07, 6.45) is -3.87. The summed E-state index contributed by atoms with van der Waals surface area (Å²) in [5.74, 6) is -0.0867. The van der Waals surface area contributed by atoms with E-state index in [2.05, 4.69) is 16.0 Å². The zero-order valence-electron chi connectivity index (χ0n) is 19.5. The van der Waals surface area contributed by atoms with Gasteiger partial charge in [-0.1, -0.05) is 35.9 Å². The van der Waals surface area contributed by atoms with Crippen molar-refractivity contribution in [3.05, 3.63) is 99.1 Å². The average molecular weight is 504 g/mol. The second kappa shape index (κ2) is 9.43. The van der Waals surface area contributed by atoms with Crippen LogP contribution in [0.15, 0.2) is 65.5 Å². The van der Waals surface area contributed by atoms with E-state index in [0.717, 1.165) is 34.9 Å². The number of alkyl halides is 3. The summed E-state index contributed by atoms with van der Waals surface area (Å²) in [4.78, 5) is 20.1. The van der Waals surface area contributed by atoms with Gasteiger partial charge < -0.3 is 9.47 Å². The van der Waals surface area contributed by atoms with E-state index in [1.807, 2.05) is 25.1 Å². The molecule has 2 aromatic carbocycles. The van der Waals surface area contributed by atoms with Gasteiger partial charge in [-0.3, -0.25) is 4.57 Å². The molecule has 0 amide bonds. The van der Waals surface area contributed by atoms with E-state index in [1.165, 1.54) is 24.3 Å². The van der Waals surface area contributed by atoms with E-state index in [4.69, 9.17) is 9.47 Å². The molecule has 0 saturated carbocycles. The van der Waals surface area contributed by atoms with Crippen LogP contribution in [0.1, 0.15) is 27.9 Å². The molecule has 0 unspecified atom stereocenters.